The highest BCUT2D eigenvalue weighted by atomic mass is 32.2. The topological polar surface area (TPSA) is 66.4 Å². The first-order chi connectivity index (χ1) is 9.88. The van der Waals surface area contributed by atoms with Crippen LogP contribution in [0.3, 0.4) is 0 Å². The summed E-state index contributed by atoms with van der Waals surface area (Å²) >= 11 is 1.67. The van der Waals surface area contributed by atoms with Crippen molar-refractivity contribution in [2.75, 3.05) is 12.8 Å². The minimum atomic E-state index is -3.20. The molecule has 1 aromatic heterocycles. The van der Waals surface area contributed by atoms with Gasteiger partial charge >= 0.3 is 0 Å². The Balaban J connectivity index is 1.96. The van der Waals surface area contributed by atoms with E-state index in [9.17, 15) is 13.5 Å². The van der Waals surface area contributed by atoms with Gasteiger partial charge in [0.25, 0.3) is 0 Å². The Morgan fingerprint density at radius 1 is 1.24 bits per heavy atom. The first-order valence-corrected chi connectivity index (χ1v) is 9.40. The number of rotatable bonds is 6. The van der Waals surface area contributed by atoms with E-state index in [0.717, 1.165) is 0 Å². The fraction of sp³-hybridized carbons (Fsp3) is 0.333. The molecule has 0 fully saturated rings. The molecular weight excluding hydrogens is 306 g/mol. The molecule has 0 radical (unpaired) electrons. The van der Waals surface area contributed by atoms with Crippen LogP contribution in [0, 0.1) is 0 Å². The van der Waals surface area contributed by atoms with Crippen LogP contribution in [0.25, 0.3) is 0 Å². The maximum atomic E-state index is 11.4. The molecule has 0 saturated heterocycles. The number of benzene rings is 1. The van der Waals surface area contributed by atoms with Gasteiger partial charge in [-0.05, 0) is 36.1 Å². The second-order valence-electron chi connectivity index (χ2n) is 5.00. The number of hydrogen-bond donors (Lipinski definition) is 2. The lowest BCUT2D eigenvalue weighted by Gasteiger charge is -2.16. The maximum absolute atomic E-state index is 11.4. The molecule has 2 aromatic rings. The summed E-state index contributed by atoms with van der Waals surface area (Å²) in [4.78, 5) is 1.48. The van der Waals surface area contributed by atoms with Gasteiger partial charge < -0.3 is 10.4 Å². The fourth-order valence-electron chi connectivity index (χ4n) is 1.98. The summed E-state index contributed by atoms with van der Waals surface area (Å²) in [6.45, 7) is 2.46. The summed E-state index contributed by atoms with van der Waals surface area (Å²) in [5, 5.41) is 15.4. The lowest BCUT2D eigenvalue weighted by molar-refractivity contribution is 0.171. The number of sulfone groups is 1. The molecule has 4 nitrogen and oxygen atoms in total. The lowest BCUT2D eigenvalue weighted by atomic mass is 10.1. The van der Waals surface area contributed by atoms with E-state index in [2.05, 4.69) is 11.4 Å². The van der Waals surface area contributed by atoms with E-state index in [4.69, 9.17) is 0 Å². The van der Waals surface area contributed by atoms with Gasteiger partial charge in [0.1, 0.15) is 0 Å². The molecule has 21 heavy (non-hydrogen) atoms. The van der Waals surface area contributed by atoms with E-state index in [1.165, 1.54) is 23.3 Å². The van der Waals surface area contributed by atoms with Gasteiger partial charge in [0.05, 0.1) is 11.0 Å². The fourth-order valence-corrected chi connectivity index (χ4v) is 3.37. The van der Waals surface area contributed by atoms with E-state index >= 15 is 0 Å². The zero-order valence-electron chi connectivity index (χ0n) is 12.0. The van der Waals surface area contributed by atoms with Crippen molar-refractivity contribution in [3.05, 3.63) is 52.2 Å². The Morgan fingerprint density at radius 2 is 1.90 bits per heavy atom. The molecule has 0 aliphatic heterocycles. The zero-order chi connectivity index (χ0) is 15.5. The first kappa shape index (κ1) is 16.2. The molecule has 2 rings (SSSR count). The van der Waals surface area contributed by atoms with E-state index in [0.29, 0.717) is 12.1 Å². The third kappa shape index (κ3) is 4.38. The largest absolute Gasteiger partial charge is 0.387 e. The molecule has 0 aliphatic carbocycles. The monoisotopic (exact) mass is 325 g/mol. The van der Waals surface area contributed by atoms with Crippen molar-refractivity contribution in [3.8, 4) is 0 Å². The number of aliphatic hydroxyl groups excluding tert-OH is 1. The Labute approximate surface area is 129 Å². The van der Waals surface area contributed by atoms with Crippen molar-refractivity contribution in [2.24, 2.45) is 0 Å². The van der Waals surface area contributed by atoms with Crippen molar-refractivity contribution < 1.29 is 13.5 Å². The third-order valence-electron chi connectivity index (χ3n) is 3.28. The van der Waals surface area contributed by atoms with Gasteiger partial charge in [-0.2, -0.15) is 0 Å². The second-order valence-corrected chi connectivity index (χ2v) is 8.00. The van der Waals surface area contributed by atoms with Crippen molar-refractivity contribution >= 4 is 21.2 Å². The van der Waals surface area contributed by atoms with Gasteiger partial charge in [-0.1, -0.05) is 18.2 Å². The lowest BCUT2D eigenvalue weighted by Crippen LogP contribution is -2.24. The summed E-state index contributed by atoms with van der Waals surface area (Å²) in [6.07, 6.45) is 0.504. The normalized spacial score (nSPS) is 14.8. The van der Waals surface area contributed by atoms with Crippen molar-refractivity contribution in [3.63, 3.8) is 0 Å². The van der Waals surface area contributed by atoms with Crippen molar-refractivity contribution in [2.45, 2.75) is 24.0 Å². The molecule has 2 N–H and O–H groups in total. The van der Waals surface area contributed by atoms with E-state index < -0.39 is 15.9 Å². The van der Waals surface area contributed by atoms with Crippen LogP contribution in [0.4, 0.5) is 0 Å². The van der Waals surface area contributed by atoms with Crippen LogP contribution in [-0.4, -0.2) is 26.3 Å². The number of aliphatic hydroxyl groups is 1. The Hall–Kier alpha value is -1.21. The van der Waals surface area contributed by atoms with Gasteiger partial charge in [0, 0.05) is 23.7 Å². The van der Waals surface area contributed by atoms with E-state index in [1.807, 2.05) is 18.4 Å². The maximum Gasteiger partial charge on any atom is 0.175 e. The van der Waals surface area contributed by atoms with E-state index in [-0.39, 0.29) is 10.9 Å². The molecule has 0 spiro atoms. The average Bonchev–Trinajstić information content (AvgIpc) is 2.98. The Morgan fingerprint density at radius 3 is 2.43 bits per heavy atom. The first-order valence-electron chi connectivity index (χ1n) is 6.63. The molecule has 0 bridgehead atoms. The van der Waals surface area contributed by atoms with Gasteiger partial charge in [0.15, 0.2) is 9.84 Å². The molecule has 114 valence electrons. The van der Waals surface area contributed by atoms with Crippen LogP contribution >= 0.6 is 11.3 Å². The zero-order valence-corrected chi connectivity index (χ0v) is 13.6. The molecule has 2 atom stereocenters. The second kappa shape index (κ2) is 6.70. The molecule has 6 heteroatoms. The van der Waals surface area contributed by atoms with Crippen LogP contribution in [0.1, 0.15) is 29.5 Å². The molecule has 1 heterocycles. The Bertz CT molecular complexity index is 663. The number of thiophene rings is 1. The molecule has 0 amide bonds. The molecule has 0 aliphatic rings. The van der Waals surface area contributed by atoms with Gasteiger partial charge in [0.2, 0.25) is 0 Å². The van der Waals surface area contributed by atoms with Crippen molar-refractivity contribution in [1.29, 1.82) is 0 Å². The number of hydrogen-bond acceptors (Lipinski definition) is 5. The van der Waals surface area contributed by atoms with Crippen LogP contribution < -0.4 is 5.32 Å². The molecule has 1 aromatic carbocycles. The van der Waals surface area contributed by atoms with Gasteiger partial charge in [-0.3, -0.25) is 0 Å². The standard InChI is InChI=1S/C15H19NO3S2/c1-11(15-4-3-9-20-15)16-10-14(17)12-5-7-13(8-6-12)21(2,18)19/h3-9,11,14,16-17H,10H2,1-2H3. The van der Waals surface area contributed by atoms with Crippen LogP contribution in [0.2, 0.25) is 0 Å². The summed E-state index contributed by atoms with van der Waals surface area (Å²) in [5.41, 5.74) is 0.702. The average molecular weight is 325 g/mol. The molecular formula is C15H19NO3S2. The quantitative estimate of drug-likeness (QED) is 0.856. The predicted octanol–water partition coefficient (Wildman–Crippen LogP) is 2.54. The highest BCUT2D eigenvalue weighted by molar-refractivity contribution is 7.90. The van der Waals surface area contributed by atoms with Crippen LogP contribution in [0.15, 0.2) is 46.7 Å². The molecule has 2 unspecified atom stereocenters. The summed E-state index contributed by atoms with van der Waals surface area (Å²) in [6, 6.07) is 10.6. The predicted molar refractivity (Wildman–Crippen MR) is 85.2 cm³/mol. The van der Waals surface area contributed by atoms with Crippen LogP contribution in [0.5, 0.6) is 0 Å². The van der Waals surface area contributed by atoms with Gasteiger partial charge in [-0.15, -0.1) is 11.3 Å². The van der Waals surface area contributed by atoms with Gasteiger partial charge in [-0.25, -0.2) is 8.42 Å². The minimum Gasteiger partial charge on any atom is -0.387 e. The number of nitrogens with one attached hydrogen (secondary N) is 1. The van der Waals surface area contributed by atoms with Crippen LogP contribution in [-0.2, 0) is 9.84 Å². The van der Waals surface area contributed by atoms with E-state index in [1.54, 1.807) is 23.5 Å². The minimum absolute atomic E-state index is 0.176. The summed E-state index contributed by atoms with van der Waals surface area (Å²) in [5.74, 6) is 0. The highest BCUT2D eigenvalue weighted by Crippen LogP contribution is 2.20. The molecule has 0 saturated carbocycles. The van der Waals surface area contributed by atoms with Crippen molar-refractivity contribution in [1.82, 2.24) is 5.32 Å². The Kier molecular flexibility index (Phi) is 5.16. The SMILES string of the molecule is CC(NCC(O)c1ccc(S(C)(=O)=O)cc1)c1cccs1. The smallest absolute Gasteiger partial charge is 0.175 e. The third-order valence-corrected chi connectivity index (χ3v) is 5.46. The summed E-state index contributed by atoms with van der Waals surface area (Å²) in [7, 11) is -3.20. The summed E-state index contributed by atoms with van der Waals surface area (Å²) < 4.78 is 22.8. The highest BCUT2D eigenvalue weighted by Gasteiger charge is 2.13.